The van der Waals surface area contributed by atoms with Crippen molar-refractivity contribution in [2.24, 2.45) is 0 Å². The van der Waals surface area contributed by atoms with Crippen molar-refractivity contribution in [1.82, 2.24) is 19.9 Å². The number of carbonyl (C=O) groups is 1. The maximum Gasteiger partial charge on any atom is 0.261 e. The fourth-order valence-corrected chi connectivity index (χ4v) is 2.92. The average Bonchev–Trinajstić information content (AvgIpc) is 3.10. The zero-order valence-corrected chi connectivity index (χ0v) is 13.9. The van der Waals surface area contributed by atoms with Crippen molar-refractivity contribution in [1.29, 1.82) is 0 Å². The van der Waals surface area contributed by atoms with E-state index in [1.165, 1.54) is 0 Å². The van der Waals surface area contributed by atoms with E-state index in [0.29, 0.717) is 11.6 Å². The van der Waals surface area contributed by atoms with Gasteiger partial charge in [-0.25, -0.2) is 9.97 Å². The largest absolute Gasteiger partial charge is 0.482 e. The van der Waals surface area contributed by atoms with Gasteiger partial charge in [0.1, 0.15) is 17.4 Å². The Morgan fingerprint density at radius 2 is 2.33 bits per heavy atom. The zero-order chi connectivity index (χ0) is 16.9. The van der Waals surface area contributed by atoms with E-state index in [1.54, 1.807) is 24.5 Å². The van der Waals surface area contributed by atoms with Gasteiger partial charge >= 0.3 is 0 Å². The van der Waals surface area contributed by atoms with E-state index < -0.39 is 0 Å². The third-order valence-electron chi connectivity index (χ3n) is 4.03. The molecule has 7 heteroatoms. The maximum atomic E-state index is 12.6. The topological polar surface area (TPSA) is 80.2 Å². The molecule has 1 saturated heterocycles. The Kier molecular flexibility index (Phi) is 4.88. The first kappa shape index (κ1) is 16.2. The summed E-state index contributed by atoms with van der Waals surface area (Å²) in [5.41, 5.74) is 0.874. The third kappa shape index (κ3) is 3.61. The molecule has 1 N–H and O–H groups in total. The standard InChI is InChI=1S/C17H21N5O2/c1-12-20-14(9-16(18-2)21-12)15-6-4-8-22(15)17(23)11-24-13-5-3-7-19-10-13/h3,5,7,9-10,15H,4,6,8,11H2,1-2H3,(H,18,20,21)/t15-/m0/s1. The van der Waals surface area contributed by atoms with Crippen LogP contribution in [0.1, 0.15) is 30.4 Å². The van der Waals surface area contributed by atoms with E-state index in [0.717, 1.165) is 30.9 Å². The third-order valence-corrected chi connectivity index (χ3v) is 4.03. The highest BCUT2D eigenvalue weighted by Gasteiger charge is 2.31. The van der Waals surface area contributed by atoms with E-state index >= 15 is 0 Å². The zero-order valence-electron chi connectivity index (χ0n) is 13.9. The highest BCUT2D eigenvalue weighted by atomic mass is 16.5. The molecule has 126 valence electrons. The summed E-state index contributed by atoms with van der Waals surface area (Å²) in [5.74, 6) is 2.02. The first-order valence-electron chi connectivity index (χ1n) is 8.03. The number of anilines is 1. The average molecular weight is 327 g/mol. The van der Waals surface area contributed by atoms with Crippen molar-refractivity contribution in [3.63, 3.8) is 0 Å². The SMILES string of the molecule is CNc1cc([C@@H]2CCCN2C(=O)COc2cccnc2)nc(C)n1. The molecule has 1 aliphatic heterocycles. The Morgan fingerprint density at radius 3 is 3.08 bits per heavy atom. The van der Waals surface area contributed by atoms with Crippen LogP contribution in [0.2, 0.25) is 0 Å². The van der Waals surface area contributed by atoms with Gasteiger partial charge in [-0.1, -0.05) is 0 Å². The van der Waals surface area contributed by atoms with Gasteiger partial charge in [-0.05, 0) is 31.9 Å². The highest BCUT2D eigenvalue weighted by molar-refractivity contribution is 5.78. The molecule has 2 aromatic heterocycles. The van der Waals surface area contributed by atoms with Crippen LogP contribution in [0, 0.1) is 6.92 Å². The number of aromatic nitrogens is 3. The molecule has 0 saturated carbocycles. The summed E-state index contributed by atoms with van der Waals surface area (Å²) in [5, 5.41) is 3.04. The summed E-state index contributed by atoms with van der Waals surface area (Å²) in [7, 11) is 1.82. The minimum atomic E-state index is -0.0383. The van der Waals surface area contributed by atoms with Gasteiger partial charge in [0.15, 0.2) is 6.61 Å². The number of carbonyl (C=O) groups excluding carboxylic acids is 1. The van der Waals surface area contributed by atoms with Crippen molar-refractivity contribution in [2.75, 3.05) is 25.5 Å². The molecule has 0 bridgehead atoms. The summed E-state index contributed by atoms with van der Waals surface area (Å²) >= 11 is 0. The number of amides is 1. The van der Waals surface area contributed by atoms with Gasteiger partial charge in [0.05, 0.1) is 17.9 Å². The number of hydrogen-bond acceptors (Lipinski definition) is 6. The quantitative estimate of drug-likeness (QED) is 0.904. The second-order valence-electron chi connectivity index (χ2n) is 5.70. The number of hydrogen-bond donors (Lipinski definition) is 1. The van der Waals surface area contributed by atoms with Crippen molar-refractivity contribution in [2.45, 2.75) is 25.8 Å². The van der Waals surface area contributed by atoms with Crippen molar-refractivity contribution in [3.8, 4) is 5.75 Å². The molecule has 3 heterocycles. The van der Waals surface area contributed by atoms with Crippen LogP contribution in [0.3, 0.4) is 0 Å². The van der Waals surface area contributed by atoms with Crippen LogP contribution >= 0.6 is 0 Å². The minimum Gasteiger partial charge on any atom is -0.482 e. The molecular weight excluding hydrogens is 306 g/mol. The molecular formula is C17H21N5O2. The Bertz CT molecular complexity index is 707. The Balaban J connectivity index is 1.71. The lowest BCUT2D eigenvalue weighted by Gasteiger charge is -2.24. The van der Waals surface area contributed by atoms with E-state index in [4.69, 9.17) is 4.74 Å². The van der Waals surface area contributed by atoms with Crippen LogP contribution in [0.25, 0.3) is 0 Å². The molecule has 1 atom stereocenters. The summed E-state index contributed by atoms with van der Waals surface area (Å²) in [6.45, 7) is 2.58. The van der Waals surface area contributed by atoms with E-state index in [1.807, 2.05) is 24.9 Å². The van der Waals surface area contributed by atoms with Crippen LogP contribution in [-0.2, 0) is 4.79 Å². The molecule has 1 aliphatic rings. The van der Waals surface area contributed by atoms with E-state index in [-0.39, 0.29) is 18.6 Å². The predicted octanol–water partition coefficient (Wildman–Crippen LogP) is 1.96. The van der Waals surface area contributed by atoms with Crippen LogP contribution in [-0.4, -0.2) is 46.0 Å². The van der Waals surface area contributed by atoms with E-state index in [9.17, 15) is 4.79 Å². The molecule has 0 aromatic carbocycles. The number of pyridine rings is 1. The smallest absolute Gasteiger partial charge is 0.261 e. The summed E-state index contributed by atoms with van der Waals surface area (Å²) in [6.07, 6.45) is 5.13. The second kappa shape index (κ2) is 7.25. The van der Waals surface area contributed by atoms with Gasteiger partial charge in [0.2, 0.25) is 0 Å². The number of rotatable bonds is 5. The predicted molar refractivity (Wildman–Crippen MR) is 89.7 cm³/mol. The molecule has 0 aliphatic carbocycles. The van der Waals surface area contributed by atoms with Gasteiger partial charge in [-0.15, -0.1) is 0 Å². The number of ether oxygens (including phenoxy) is 1. The Hall–Kier alpha value is -2.70. The van der Waals surface area contributed by atoms with Crippen molar-refractivity contribution >= 4 is 11.7 Å². The van der Waals surface area contributed by atoms with Gasteiger partial charge in [0.25, 0.3) is 5.91 Å². The molecule has 0 spiro atoms. The lowest BCUT2D eigenvalue weighted by molar-refractivity contribution is -0.134. The molecule has 3 rings (SSSR count). The normalized spacial score (nSPS) is 16.9. The summed E-state index contributed by atoms with van der Waals surface area (Å²) < 4.78 is 5.53. The van der Waals surface area contributed by atoms with Crippen molar-refractivity contribution < 1.29 is 9.53 Å². The molecule has 1 amide bonds. The summed E-state index contributed by atoms with van der Waals surface area (Å²) in [6, 6.07) is 5.45. The molecule has 0 unspecified atom stereocenters. The van der Waals surface area contributed by atoms with Crippen LogP contribution in [0.5, 0.6) is 5.75 Å². The van der Waals surface area contributed by atoms with Gasteiger partial charge in [-0.2, -0.15) is 0 Å². The Morgan fingerprint density at radius 1 is 1.46 bits per heavy atom. The lowest BCUT2D eigenvalue weighted by Crippen LogP contribution is -2.35. The van der Waals surface area contributed by atoms with Gasteiger partial charge in [0, 0.05) is 25.9 Å². The van der Waals surface area contributed by atoms with Crippen LogP contribution in [0.4, 0.5) is 5.82 Å². The highest BCUT2D eigenvalue weighted by Crippen LogP contribution is 2.31. The first-order valence-corrected chi connectivity index (χ1v) is 8.03. The second-order valence-corrected chi connectivity index (χ2v) is 5.70. The van der Waals surface area contributed by atoms with Crippen LogP contribution < -0.4 is 10.1 Å². The van der Waals surface area contributed by atoms with Crippen LogP contribution in [0.15, 0.2) is 30.6 Å². The molecule has 2 aromatic rings. The van der Waals surface area contributed by atoms with E-state index in [2.05, 4.69) is 20.3 Å². The molecule has 7 nitrogen and oxygen atoms in total. The van der Waals surface area contributed by atoms with Gasteiger partial charge < -0.3 is 15.0 Å². The fourth-order valence-electron chi connectivity index (χ4n) is 2.92. The number of aryl methyl sites for hydroxylation is 1. The van der Waals surface area contributed by atoms with Gasteiger partial charge in [-0.3, -0.25) is 9.78 Å². The minimum absolute atomic E-state index is 0.00510. The Labute approximate surface area is 141 Å². The number of nitrogens with zero attached hydrogens (tertiary/aromatic N) is 4. The molecule has 1 fully saturated rings. The monoisotopic (exact) mass is 327 g/mol. The molecule has 0 radical (unpaired) electrons. The maximum absolute atomic E-state index is 12.6. The molecule has 24 heavy (non-hydrogen) atoms. The first-order chi connectivity index (χ1) is 11.7. The number of nitrogens with one attached hydrogen (secondary N) is 1. The summed E-state index contributed by atoms with van der Waals surface area (Å²) in [4.78, 5) is 27.2. The van der Waals surface area contributed by atoms with Crippen molar-refractivity contribution in [3.05, 3.63) is 42.1 Å². The lowest BCUT2D eigenvalue weighted by atomic mass is 10.1. The fraction of sp³-hybridized carbons (Fsp3) is 0.412. The number of likely N-dealkylation sites (tertiary alicyclic amines) is 1.